The Morgan fingerprint density at radius 3 is 2.32 bits per heavy atom. The van der Waals surface area contributed by atoms with Crippen LogP contribution in [-0.4, -0.2) is 40.3 Å². The number of likely N-dealkylation sites (N-methyl/N-ethyl adjacent to an activating group) is 1. The summed E-state index contributed by atoms with van der Waals surface area (Å²) in [6.07, 6.45) is 1.52. The number of pyridine rings is 1. The number of benzene rings is 1. The maximum Gasteiger partial charge on any atom is 0.238 e. The zero-order chi connectivity index (χ0) is 23.3. The predicted octanol–water partition coefficient (Wildman–Crippen LogP) is 2.00. The Kier molecular flexibility index (Phi) is 7.67. The molecule has 2 rings (SSSR count). The molecular formula is C22H29F2N5O2. The van der Waals surface area contributed by atoms with Gasteiger partial charge in [-0.05, 0) is 63.6 Å². The van der Waals surface area contributed by atoms with Crippen LogP contribution in [0.3, 0.4) is 0 Å². The molecule has 0 aliphatic carbocycles. The molecule has 2 aromatic rings. The van der Waals surface area contributed by atoms with Crippen LogP contribution in [0.2, 0.25) is 0 Å². The molecule has 31 heavy (non-hydrogen) atoms. The number of nitrogens with one attached hydrogen (secondary N) is 1. The molecule has 7 nitrogen and oxygen atoms in total. The van der Waals surface area contributed by atoms with E-state index in [0.29, 0.717) is 16.9 Å². The molecule has 1 aromatic heterocycles. The summed E-state index contributed by atoms with van der Waals surface area (Å²) in [6.45, 7) is 5.48. The van der Waals surface area contributed by atoms with E-state index in [1.54, 1.807) is 31.0 Å². The lowest BCUT2D eigenvalue weighted by molar-refractivity contribution is -0.142. The molecule has 9 heteroatoms. The van der Waals surface area contributed by atoms with Crippen molar-refractivity contribution < 1.29 is 18.4 Å². The molecule has 0 fully saturated rings. The summed E-state index contributed by atoms with van der Waals surface area (Å²) in [4.78, 5) is 31.5. The molecule has 168 valence electrons. The van der Waals surface area contributed by atoms with Gasteiger partial charge in [0, 0.05) is 18.8 Å². The maximum atomic E-state index is 13.8. The van der Waals surface area contributed by atoms with Gasteiger partial charge in [-0.2, -0.15) is 0 Å². The third-order valence-corrected chi connectivity index (χ3v) is 5.74. The molecule has 0 radical (unpaired) electrons. The molecule has 2 atom stereocenters. The summed E-state index contributed by atoms with van der Waals surface area (Å²) in [5, 5.41) is 2.80. The SMILES string of the molecule is CC(C)N(C)C(C)(C(N)=O)[C@H](Cc1ccc(F)c(F)c1)C(=O)NCc1ccc(N)nc1. The smallest absolute Gasteiger partial charge is 0.238 e. The van der Waals surface area contributed by atoms with Gasteiger partial charge < -0.3 is 16.8 Å². The van der Waals surface area contributed by atoms with Gasteiger partial charge in [0.25, 0.3) is 0 Å². The molecule has 1 unspecified atom stereocenters. The second-order valence-electron chi connectivity index (χ2n) is 8.03. The number of amides is 2. The largest absolute Gasteiger partial charge is 0.384 e. The van der Waals surface area contributed by atoms with E-state index in [0.717, 1.165) is 12.1 Å². The molecule has 0 aliphatic heterocycles. The van der Waals surface area contributed by atoms with Crippen molar-refractivity contribution in [1.29, 1.82) is 0 Å². The first kappa shape index (κ1) is 24.2. The lowest BCUT2D eigenvalue weighted by Gasteiger charge is -2.43. The number of nitrogens with zero attached hydrogens (tertiary/aromatic N) is 2. The van der Waals surface area contributed by atoms with E-state index in [4.69, 9.17) is 11.5 Å². The van der Waals surface area contributed by atoms with Crippen LogP contribution in [0, 0.1) is 17.6 Å². The van der Waals surface area contributed by atoms with E-state index in [1.165, 1.54) is 12.3 Å². The van der Waals surface area contributed by atoms with Gasteiger partial charge in [0.15, 0.2) is 11.6 Å². The van der Waals surface area contributed by atoms with E-state index < -0.39 is 34.9 Å². The fourth-order valence-electron chi connectivity index (χ4n) is 3.43. The number of aromatic nitrogens is 1. The third-order valence-electron chi connectivity index (χ3n) is 5.74. The van der Waals surface area contributed by atoms with Gasteiger partial charge in [0.2, 0.25) is 11.8 Å². The van der Waals surface area contributed by atoms with E-state index in [1.807, 2.05) is 13.8 Å². The Hall–Kier alpha value is -3.07. The number of halogens is 2. The fourth-order valence-corrected chi connectivity index (χ4v) is 3.43. The molecule has 2 amide bonds. The van der Waals surface area contributed by atoms with Gasteiger partial charge >= 0.3 is 0 Å². The van der Waals surface area contributed by atoms with Crippen LogP contribution in [-0.2, 0) is 22.6 Å². The average Bonchev–Trinajstić information content (AvgIpc) is 2.72. The van der Waals surface area contributed by atoms with Crippen molar-refractivity contribution >= 4 is 17.6 Å². The van der Waals surface area contributed by atoms with Crippen molar-refractivity contribution in [3.05, 3.63) is 59.3 Å². The molecule has 0 bridgehead atoms. The van der Waals surface area contributed by atoms with E-state index in [-0.39, 0.29) is 19.0 Å². The lowest BCUT2D eigenvalue weighted by atomic mass is 9.78. The maximum absolute atomic E-state index is 13.8. The highest BCUT2D eigenvalue weighted by Gasteiger charge is 2.47. The summed E-state index contributed by atoms with van der Waals surface area (Å²) in [7, 11) is 1.70. The summed E-state index contributed by atoms with van der Waals surface area (Å²) in [6, 6.07) is 6.63. The van der Waals surface area contributed by atoms with Gasteiger partial charge in [0.05, 0.1) is 5.92 Å². The minimum atomic E-state index is -1.39. The first-order valence-corrected chi connectivity index (χ1v) is 9.91. The van der Waals surface area contributed by atoms with E-state index in [2.05, 4.69) is 10.3 Å². The minimum absolute atomic E-state index is 0.0144. The monoisotopic (exact) mass is 433 g/mol. The number of primary amides is 1. The number of rotatable bonds is 9. The zero-order valence-electron chi connectivity index (χ0n) is 18.2. The summed E-state index contributed by atoms with van der Waals surface area (Å²) >= 11 is 0. The molecule has 0 spiro atoms. The first-order chi connectivity index (χ1) is 14.5. The van der Waals surface area contributed by atoms with Gasteiger partial charge in [-0.15, -0.1) is 0 Å². The van der Waals surface area contributed by atoms with Crippen LogP contribution in [0.4, 0.5) is 14.6 Å². The highest BCUT2D eigenvalue weighted by atomic mass is 19.2. The topological polar surface area (TPSA) is 114 Å². The quantitative estimate of drug-likeness (QED) is 0.560. The van der Waals surface area contributed by atoms with Crippen LogP contribution in [0.1, 0.15) is 31.9 Å². The molecule has 0 aliphatic rings. The van der Waals surface area contributed by atoms with Gasteiger partial charge in [-0.1, -0.05) is 12.1 Å². The number of nitrogen functional groups attached to an aromatic ring is 1. The first-order valence-electron chi connectivity index (χ1n) is 9.91. The number of hydrogen-bond acceptors (Lipinski definition) is 5. The number of anilines is 1. The summed E-state index contributed by atoms with van der Waals surface area (Å²) in [5.41, 5.74) is 11.0. The van der Waals surface area contributed by atoms with Crippen LogP contribution < -0.4 is 16.8 Å². The zero-order valence-corrected chi connectivity index (χ0v) is 18.2. The molecule has 1 heterocycles. The predicted molar refractivity (Wildman–Crippen MR) is 115 cm³/mol. The molecular weight excluding hydrogens is 404 g/mol. The van der Waals surface area contributed by atoms with Gasteiger partial charge in [0.1, 0.15) is 11.4 Å². The van der Waals surface area contributed by atoms with Gasteiger partial charge in [-0.3, -0.25) is 14.5 Å². The number of carbonyl (C=O) groups is 2. The highest BCUT2D eigenvalue weighted by molar-refractivity contribution is 5.92. The summed E-state index contributed by atoms with van der Waals surface area (Å²) < 4.78 is 27.2. The standard InChI is InChI=1S/C22H29F2N5O2/c1-13(2)29(4)22(3,21(26)31)16(9-14-5-7-17(23)18(24)10-14)20(30)28-12-15-6-8-19(25)27-11-15/h5-8,10-11,13,16H,9,12H2,1-4H3,(H2,25,27)(H2,26,31)(H,28,30)/t16-,22?/m1/s1. The third kappa shape index (κ3) is 5.55. The second-order valence-corrected chi connectivity index (χ2v) is 8.03. The fraction of sp³-hybridized carbons (Fsp3) is 0.409. The van der Waals surface area contributed by atoms with E-state index >= 15 is 0 Å². The lowest BCUT2D eigenvalue weighted by Crippen LogP contribution is -2.64. The molecule has 1 aromatic carbocycles. The highest BCUT2D eigenvalue weighted by Crippen LogP contribution is 2.30. The Morgan fingerprint density at radius 2 is 1.81 bits per heavy atom. The van der Waals surface area contributed by atoms with Crippen molar-refractivity contribution in [3.63, 3.8) is 0 Å². The van der Waals surface area contributed by atoms with Crippen molar-refractivity contribution in [2.45, 2.75) is 45.3 Å². The van der Waals surface area contributed by atoms with Crippen molar-refractivity contribution in [3.8, 4) is 0 Å². The van der Waals surface area contributed by atoms with Crippen molar-refractivity contribution in [2.24, 2.45) is 11.7 Å². The second kappa shape index (κ2) is 9.82. The number of carbonyl (C=O) groups excluding carboxylic acids is 2. The van der Waals surface area contributed by atoms with E-state index in [9.17, 15) is 18.4 Å². The summed E-state index contributed by atoms with van der Waals surface area (Å²) in [5.74, 6) is -3.77. The van der Waals surface area contributed by atoms with Crippen LogP contribution in [0.5, 0.6) is 0 Å². The molecule has 5 N–H and O–H groups in total. The van der Waals surface area contributed by atoms with Crippen LogP contribution >= 0.6 is 0 Å². The molecule has 0 saturated heterocycles. The van der Waals surface area contributed by atoms with Crippen LogP contribution in [0.15, 0.2) is 36.5 Å². The Bertz CT molecular complexity index is 936. The van der Waals surface area contributed by atoms with Gasteiger partial charge in [-0.25, -0.2) is 13.8 Å². The normalized spacial score (nSPS) is 14.3. The average molecular weight is 434 g/mol. The Labute approximate surface area is 180 Å². The minimum Gasteiger partial charge on any atom is -0.384 e. The molecule has 0 saturated carbocycles. The number of hydrogen-bond donors (Lipinski definition) is 3. The van der Waals surface area contributed by atoms with Crippen LogP contribution in [0.25, 0.3) is 0 Å². The van der Waals surface area contributed by atoms with Crippen molar-refractivity contribution in [2.75, 3.05) is 12.8 Å². The van der Waals surface area contributed by atoms with Crippen molar-refractivity contribution in [1.82, 2.24) is 15.2 Å². The Balaban J connectivity index is 2.39. The number of nitrogens with two attached hydrogens (primary N) is 2. The Morgan fingerprint density at radius 1 is 1.16 bits per heavy atom.